The summed E-state index contributed by atoms with van der Waals surface area (Å²) in [7, 11) is 0. The first kappa shape index (κ1) is 21.9. The third-order valence-corrected chi connectivity index (χ3v) is 5.39. The molecule has 1 N–H and O–H groups in total. The summed E-state index contributed by atoms with van der Waals surface area (Å²) in [6, 6.07) is 19.6. The van der Waals surface area contributed by atoms with Gasteiger partial charge in [-0.15, -0.1) is 10.2 Å². The summed E-state index contributed by atoms with van der Waals surface area (Å²) < 4.78 is 10.9. The van der Waals surface area contributed by atoms with Crippen molar-refractivity contribution in [2.45, 2.75) is 6.92 Å². The Balaban J connectivity index is 1.75. The van der Waals surface area contributed by atoms with Gasteiger partial charge in [-0.3, -0.25) is 4.90 Å². The Labute approximate surface area is 188 Å². The first-order valence-electron chi connectivity index (χ1n) is 11.0. The number of nitrogens with zero attached hydrogens (tertiary/aromatic N) is 3. The minimum atomic E-state index is -0.410. The molecular weight excluding hydrogens is 404 g/mol. The molecule has 1 aliphatic rings. The quantitative estimate of drug-likeness (QED) is 0.544. The van der Waals surface area contributed by atoms with Gasteiger partial charge in [0.25, 0.3) is 0 Å². The van der Waals surface area contributed by atoms with Gasteiger partial charge in [0.1, 0.15) is 11.3 Å². The molecule has 0 saturated carbocycles. The van der Waals surface area contributed by atoms with Crippen molar-refractivity contribution in [1.82, 2.24) is 15.1 Å². The van der Waals surface area contributed by atoms with Crippen molar-refractivity contribution in [2.75, 3.05) is 51.3 Å². The van der Waals surface area contributed by atoms with Gasteiger partial charge < -0.3 is 14.8 Å². The number of ether oxygens (including phenoxy) is 2. The Morgan fingerprint density at radius 3 is 2.31 bits per heavy atom. The first-order chi connectivity index (χ1) is 15.8. The SMILES string of the molecule is CCOC(=O)c1c(NCCN2CCOCC2)nnc(-c2ccccc2)c1-c1ccccc1. The molecule has 0 spiro atoms. The molecule has 0 bridgehead atoms. The van der Waals surface area contributed by atoms with E-state index < -0.39 is 5.97 Å². The second-order valence-corrected chi connectivity index (χ2v) is 7.48. The van der Waals surface area contributed by atoms with Crippen LogP contribution in [0.2, 0.25) is 0 Å². The molecular formula is C25H28N4O3. The molecule has 2 heterocycles. The maximum atomic E-state index is 13.2. The average Bonchev–Trinajstić information content (AvgIpc) is 2.85. The Bertz CT molecular complexity index is 1020. The Morgan fingerprint density at radius 1 is 1.00 bits per heavy atom. The number of carbonyl (C=O) groups excluding carboxylic acids is 1. The predicted molar refractivity (Wildman–Crippen MR) is 125 cm³/mol. The molecule has 0 amide bonds. The number of benzene rings is 2. The molecule has 0 unspecified atom stereocenters. The van der Waals surface area contributed by atoms with Crippen LogP contribution in [0, 0.1) is 0 Å². The van der Waals surface area contributed by atoms with Gasteiger partial charge in [-0.25, -0.2) is 4.79 Å². The number of rotatable bonds is 8. The highest BCUT2D eigenvalue weighted by molar-refractivity contribution is 6.05. The minimum absolute atomic E-state index is 0.281. The number of hydrogen-bond donors (Lipinski definition) is 1. The van der Waals surface area contributed by atoms with E-state index in [2.05, 4.69) is 20.4 Å². The van der Waals surface area contributed by atoms with Crippen LogP contribution in [0.15, 0.2) is 60.7 Å². The van der Waals surface area contributed by atoms with E-state index in [1.165, 1.54) is 0 Å². The van der Waals surface area contributed by atoms with Gasteiger partial charge in [0.15, 0.2) is 5.82 Å². The average molecular weight is 433 g/mol. The predicted octanol–water partition coefficient (Wildman–Crippen LogP) is 3.73. The van der Waals surface area contributed by atoms with Crippen molar-refractivity contribution in [1.29, 1.82) is 0 Å². The molecule has 1 saturated heterocycles. The Kier molecular flexibility index (Phi) is 7.42. The standard InChI is InChI=1S/C25H28N4O3/c1-2-32-25(30)22-21(19-9-5-3-6-10-19)23(20-11-7-4-8-12-20)27-28-24(22)26-13-14-29-15-17-31-18-16-29/h3-12H,2,13-18H2,1H3,(H,26,28). The lowest BCUT2D eigenvalue weighted by molar-refractivity contribution is 0.0398. The fraction of sp³-hybridized carbons (Fsp3) is 0.320. The van der Waals surface area contributed by atoms with Crippen LogP contribution >= 0.6 is 0 Å². The molecule has 7 nitrogen and oxygen atoms in total. The highest BCUT2D eigenvalue weighted by Crippen LogP contribution is 2.36. The van der Waals surface area contributed by atoms with Crippen LogP contribution in [0.1, 0.15) is 17.3 Å². The van der Waals surface area contributed by atoms with Gasteiger partial charge in [-0.05, 0) is 12.5 Å². The zero-order chi connectivity index (χ0) is 22.2. The van der Waals surface area contributed by atoms with Crippen LogP contribution in [0.4, 0.5) is 5.82 Å². The van der Waals surface area contributed by atoms with E-state index >= 15 is 0 Å². The second kappa shape index (κ2) is 10.8. The topological polar surface area (TPSA) is 76.6 Å². The van der Waals surface area contributed by atoms with Crippen LogP contribution in [0.3, 0.4) is 0 Å². The normalized spacial score (nSPS) is 14.2. The second-order valence-electron chi connectivity index (χ2n) is 7.48. The lowest BCUT2D eigenvalue weighted by Gasteiger charge is -2.26. The van der Waals surface area contributed by atoms with Gasteiger partial charge in [0.05, 0.1) is 19.8 Å². The van der Waals surface area contributed by atoms with Gasteiger partial charge >= 0.3 is 5.97 Å². The molecule has 1 aromatic heterocycles. The maximum Gasteiger partial charge on any atom is 0.342 e. The zero-order valence-electron chi connectivity index (χ0n) is 18.3. The van der Waals surface area contributed by atoms with Crippen molar-refractivity contribution in [2.24, 2.45) is 0 Å². The molecule has 3 aromatic rings. The molecule has 32 heavy (non-hydrogen) atoms. The molecule has 0 atom stereocenters. The third-order valence-electron chi connectivity index (χ3n) is 5.39. The molecule has 166 valence electrons. The summed E-state index contributed by atoms with van der Waals surface area (Å²) in [4.78, 5) is 15.5. The van der Waals surface area contributed by atoms with Crippen LogP contribution in [0.25, 0.3) is 22.4 Å². The van der Waals surface area contributed by atoms with Crippen molar-refractivity contribution < 1.29 is 14.3 Å². The molecule has 1 fully saturated rings. The van der Waals surface area contributed by atoms with E-state index in [-0.39, 0.29) is 6.61 Å². The number of aromatic nitrogens is 2. The van der Waals surface area contributed by atoms with Gasteiger partial charge in [0.2, 0.25) is 0 Å². The van der Waals surface area contributed by atoms with Crippen molar-refractivity contribution >= 4 is 11.8 Å². The summed E-state index contributed by atoms with van der Waals surface area (Å²) in [6.07, 6.45) is 0. The minimum Gasteiger partial charge on any atom is -0.462 e. The van der Waals surface area contributed by atoms with Crippen LogP contribution in [0.5, 0.6) is 0 Å². The largest absolute Gasteiger partial charge is 0.462 e. The van der Waals surface area contributed by atoms with Crippen molar-refractivity contribution in [3.05, 3.63) is 66.2 Å². The number of carbonyl (C=O) groups is 1. The Hall–Kier alpha value is -3.29. The van der Waals surface area contributed by atoms with E-state index in [9.17, 15) is 4.79 Å². The number of esters is 1. The van der Waals surface area contributed by atoms with Crippen LogP contribution in [-0.2, 0) is 9.47 Å². The van der Waals surface area contributed by atoms with E-state index in [1.807, 2.05) is 60.7 Å². The molecule has 2 aromatic carbocycles. The van der Waals surface area contributed by atoms with Gasteiger partial charge in [-0.2, -0.15) is 0 Å². The molecule has 4 rings (SSSR count). The van der Waals surface area contributed by atoms with Crippen molar-refractivity contribution in [3.63, 3.8) is 0 Å². The fourth-order valence-corrected chi connectivity index (χ4v) is 3.80. The number of anilines is 1. The summed E-state index contributed by atoms with van der Waals surface area (Å²) in [5.74, 6) is 0.0301. The fourth-order valence-electron chi connectivity index (χ4n) is 3.80. The smallest absolute Gasteiger partial charge is 0.342 e. The summed E-state index contributed by atoms with van der Waals surface area (Å²) in [5.41, 5.74) is 3.57. The lowest BCUT2D eigenvalue weighted by atomic mass is 9.95. The molecule has 7 heteroatoms. The summed E-state index contributed by atoms with van der Waals surface area (Å²) in [6.45, 7) is 6.85. The monoisotopic (exact) mass is 432 g/mol. The summed E-state index contributed by atoms with van der Waals surface area (Å²) >= 11 is 0. The lowest BCUT2D eigenvalue weighted by Crippen LogP contribution is -2.39. The van der Waals surface area contributed by atoms with Gasteiger partial charge in [0, 0.05) is 37.3 Å². The number of morpholine rings is 1. The molecule has 0 aliphatic carbocycles. The number of hydrogen-bond acceptors (Lipinski definition) is 7. The van der Waals surface area contributed by atoms with Crippen molar-refractivity contribution in [3.8, 4) is 22.4 Å². The molecule has 1 aliphatic heterocycles. The van der Waals surface area contributed by atoms with E-state index in [4.69, 9.17) is 9.47 Å². The van der Waals surface area contributed by atoms with Crippen LogP contribution in [-0.4, -0.2) is 67.1 Å². The molecule has 0 radical (unpaired) electrons. The zero-order valence-corrected chi connectivity index (χ0v) is 18.3. The first-order valence-corrected chi connectivity index (χ1v) is 11.0. The van der Waals surface area contributed by atoms with Gasteiger partial charge in [-0.1, -0.05) is 60.7 Å². The highest BCUT2D eigenvalue weighted by atomic mass is 16.5. The van der Waals surface area contributed by atoms with E-state index in [0.717, 1.165) is 49.5 Å². The maximum absolute atomic E-state index is 13.2. The van der Waals surface area contributed by atoms with E-state index in [0.29, 0.717) is 23.6 Å². The number of nitrogens with one attached hydrogen (secondary N) is 1. The third kappa shape index (κ3) is 5.12. The highest BCUT2D eigenvalue weighted by Gasteiger charge is 2.25. The summed E-state index contributed by atoms with van der Waals surface area (Å²) in [5, 5.41) is 12.3. The Morgan fingerprint density at radius 2 is 1.66 bits per heavy atom. The van der Waals surface area contributed by atoms with E-state index in [1.54, 1.807) is 6.92 Å². The van der Waals surface area contributed by atoms with Crippen LogP contribution < -0.4 is 5.32 Å².